The van der Waals surface area contributed by atoms with Gasteiger partial charge >= 0.3 is 0 Å². The van der Waals surface area contributed by atoms with Gasteiger partial charge in [-0.05, 0) is 45.6 Å². The summed E-state index contributed by atoms with van der Waals surface area (Å²) in [6, 6.07) is 3.79. The Hall–Kier alpha value is -0.590. The highest BCUT2D eigenvalue weighted by atomic mass is 15.2. The SMILES string of the molecule is CNC1(C#N)CCC(N2CC(C)CC2C)C1. The van der Waals surface area contributed by atoms with Gasteiger partial charge in [-0.3, -0.25) is 4.90 Å². The molecule has 0 radical (unpaired) electrons. The number of nitriles is 1. The Kier molecular flexibility index (Phi) is 3.23. The molecule has 1 aliphatic heterocycles. The first kappa shape index (κ1) is 11.9. The van der Waals surface area contributed by atoms with Crippen LogP contribution in [0.15, 0.2) is 0 Å². The third kappa shape index (κ3) is 1.97. The third-order valence-corrected chi connectivity index (χ3v) is 4.48. The Morgan fingerprint density at radius 2 is 2.19 bits per heavy atom. The van der Waals surface area contributed by atoms with Gasteiger partial charge in [0.2, 0.25) is 0 Å². The molecule has 16 heavy (non-hydrogen) atoms. The second kappa shape index (κ2) is 4.35. The number of rotatable bonds is 2. The molecule has 1 heterocycles. The first-order chi connectivity index (χ1) is 7.60. The summed E-state index contributed by atoms with van der Waals surface area (Å²) in [5.74, 6) is 0.821. The molecule has 0 aromatic rings. The van der Waals surface area contributed by atoms with E-state index in [9.17, 15) is 5.26 Å². The van der Waals surface area contributed by atoms with E-state index in [0.717, 1.165) is 18.8 Å². The molecule has 3 nitrogen and oxygen atoms in total. The van der Waals surface area contributed by atoms with E-state index in [-0.39, 0.29) is 5.54 Å². The van der Waals surface area contributed by atoms with Crippen molar-refractivity contribution in [2.24, 2.45) is 5.92 Å². The van der Waals surface area contributed by atoms with Gasteiger partial charge in [-0.15, -0.1) is 0 Å². The lowest BCUT2D eigenvalue weighted by molar-refractivity contribution is 0.184. The summed E-state index contributed by atoms with van der Waals surface area (Å²) in [6.07, 6.45) is 4.49. The van der Waals surface area contributed by atoms with Crippen LogP contribution in [0.4, 0.5) is 0 Å². The van der Waals surface area contributed by atoms with Gasteiger partial charge < -0.3 is 5.32 Å². The van der Waals surface area contributed by atoms with Crippen molar-refractivity contribution in [3.05, 3.63) is 0 Å². The van der Waals surface area contributed by atoms with Crippen LogP contribution >= 0.6 is 0 Å². The highest BCUT2D eigenvalue weighted by molar-refractivity contribution is 5.13. The minimum Gasteiger partial charge on any atom is -0.302 e. The van der Waals surface area contributed by atoms with Crippen molar-refractivity contribution in [2.45, 2.75) is 57.2 Å². The smallest absolute Gasteiger partial charge is 0.108 e. The van der Waals surface area contributed by atoms with E-state index < -0.39 is 0 Å². The quantitative estimate of drug-likeness (QED) is 0.772. The van der Waals surface area contributed by atoms with Crippen LogP contribution in [0, 0.1) is 17.2 Å². The maximum atomic E-state index is 9.26. The van der Waals surface area contributed by atoms with Crippen molar-refractivity contribution in [1.82, 2.24) is 10.2 Å². The van der Waals surface area contributed by atoms with E-state index in [1.165, 1.54) is 19.4 Å². The van der Waals surface area contributed by atoms with Gasteiger partial charge in [0.1, 0.15) is 5.54 Å². The van der Waals surface area contributed by atoms with Gasteiger partial charge in [0.15, 0.2) is 0 Å². The fraction of sp³-hybridized carbons (Fsp3) is 0.923. The largest absolute Gasteiger partial charge is 0.302 e. The number of nitrogens with zero attached hydrogens (tertiary/aromatic N) is 2. The molecular formula is C13H23N3. The Labute approximate surface area is 98.8 Å². The summed E-state index contributed by atoms with van der Waals surface area (Å²) in [5.41, 5.74) is -0.254. The standard InChI is InChI=1S/C13H23N3/c1-10-6-11(2)16(8-10)12-4-5-13(7-12,9-14)15-3/h10-12,15H,4-8H2,1-3H3. The van der Waals surface area contributed by atoms with Crippen molar-refractivity contribution in [2.75, 3.05) is 13.6 Å². The summed E-state index contributed by atoms with van der Waals surface area (Å²) in [6.45, 7) is 5.88. The molecule has 90 valence electrons. The Balaban J connectivity index is 2.01. The molecule has 1 N–H and O–H groups in total. The molecule has 0 amide bonds. The average molecular weight is 221 g/mol. The zero-order valence-corrected chi connectivity index (χ0v) is 10.7. The highest BCUT2D eigenvalue weighted by Crippen LogP contribution is 2.36. The van der Waals surface area contributed by atoms with E-state index in [1.54, 1.807) is 0 Å². The van der Waals surface area contributed by atoms with Crippen LogP contribution in [0.25, 0.3) is 0 Å². The van der Waals surface area contributed by atoms with Gasteiger partial charge in [0.05, 0.1) is 6.07 Å². The summed E-state index contributed by atoms with van der Waals surface area (Å²) in [7, 11) is 1.92. The Morgan fingerprint density at radius 1 is 1.44 bits per heavy atom. The second-order valence-electron chi connectivity index (χ2n) is 5.73. The molecule has 2 fully saturated rings. The lowest BCUT2D eigenvalue weighted by Crippen LogP contribution is -2.42. The minimum atomic E-state index is -0.254. The lowest BCUT2D eigenvalue weighted by atomic mass is 10.00. The van der Waals surface area contributed by atoms with Crippen molar-refractivity contribution in [3.63, 3.8) is 0 Å². The molecule has 0 aromatic heterocycles. The third-order valence-electron chi connectivity index (χ3n) is 4.48. The molecule has 4 atom stereocenters. The van der Waals surface area contributed by atoms with E-state index in [4.69, 9.17) is 0 Å². The van der Waals surface area contributed by atoms with Crippen LogP contribution in [-0.2, 0) is 0 Å². The van der Waals surface area contributed by atoms with Crippen molar-refractivity contribution < 1.29 is 0 Å². The Bertz CT molecular complexity index is 296. The fourth-order valence-corrected chi connectivity index (χ4v) is 3.53. The van der Waals surface area contributed by atoms with Gasteiger partial charge in [-0.2, -0.15) is 5.26 Å². The summed E-state index contributed by atoms with van der Waals surface area (Å²) >= 11 is 0. The average Bonchev–Trinajstić information content (AvgIpc) is 2.83. The zero-order valence-electron chi connectivity index (χ0n) is 10.7. The molecule has 1 saturated carbocycles. The Morgan fingerprint density at radius 3 is 2.62 bits per heavy atom. The highest BCUT2D eigenvalue weighted by Gasteiger charge is 2.43. The van der Waals surface area contributed by atoms with Gasteiger partial charge in [0.25, 0.3) is 0 Å². The van der Waals surface area contributed by atoms with Crippen LogP contribution in [0.5, 0.6) is 0 Å². The molecule has 0 spiro atoms. The summed E-state index contributed by atoms with van der Waals surface area (Å²) in [5, 5.41) is 12.5. The molecule has 1 aliphatic carbocycles. The van der Waals surface area contributed by atoms with Crippen LogP contribution < -0.4 is 5.32 Å². The maximum absolute atomic E-state index is 9.26. The van der Waals surface area contributed by atoms with Crippen molar-refractivity contribution in [3.8, 4) is 6.07 Å². The molecule has 0 bridgehead atoms. The van der Waals surface area contributed by atoms with Crippen LogP contribution in [0.3, 0.4) is 0 Å². The number of hydrogen-bond acceptors (Lipinski definition) is 3. The van der Waals surface area contributed by atoms with Crippen molar-refractivity contribution >= 4 is 0 Å². The first-order valence-corrected chi connectivity index (χ1v) is 6.46. The van der Waals surface area contributed by atoms with Gasteiger partial charge in [-0.1, -0.05) is 6.92 Å². The topological polar surface area (TPSA) is 39.1 Å². The monoisotopic (exact) mass is 221 g/mol. The van der Waals surface area contributed by atoms with Crippen LogP contribution in [-0.4, -0.2) is 36.1 Å². The molecular weight excluding hydrogens is 198 g/mol. The molecule has 3 heteroatoms. The summed E-state index contributed by atoms with van der Waals surface area (Å²) in [4.78, 5) is 2.63. The van der Waals surface area contributed by atoms with E-state index in [0.29, 0.717) is 12.1 Å². The normalized spacial score (nSPS) is 44.8. The lowest BCUT2D eigenvalue weighted by Gasteiger charge is -2.29. The zero-order chi connectivity index (χ0) is 11.8. The fourth-order valence-electron chi connectivity index (χ4n) is 3.53. The predicted molar refractivity (Wildman–Crippen MR) is 65.0 cm³/mol. The maximum Gasteiger partial charge on any atom is 0.108 e. The van der Waals surface area contributed by atoms with Crippen LogP contribution in [0.2, 0.25) is 0 Å². The van der Waals surface area contributed by atoms with Crippen LogP contribution in [0.1, 0.15) is 39.5 Å². The number of likely N-dealkylation sites (tertiary alicyclic amines) is 1. The molecule has 0 aromatic carbocycles. The number of hydrogen-bond donors (Lipinski definition) is 1. The molecule has 1 saturated heterocycles. The second-order valence-corrected chi connectivity index (χ2v) is 5.73. The van der Waals surface area contributed by atoms with Crippen molar-refractivity contribution in [1.29, 1.82) is 5.26 Å². The number of nitrogens with one attached hydrogen (secondary N) is 1. The van der Waals surface area contributed by atoms with E-state index in [2.05, 4.69) is 30.1 Å². The first-order valence-electron chi connectivity index (χ1n) is 6.46. The summed E-state index contributed by atoms with van der Waals surface area (Å²) < 4.78 is 0. The van der Waals surface area contributed by atoms with E-state index in [1.807, 2.05) is 7.05 Å². The minimum absolute atomic E-state index is 0.254. The molecule has 2 aliphatic rings. The molecule has 2 rings (SSSR count). The molecule has 4 unspecified atom stereocenters. The van der Waals surface area contributed by atoms with Gasteiger partial charge in [0, 0.05) is 18.6 Å². The van der Waals surface area contributed by atoms with E-state index >= 15 is 0 Å². The predicted octanol–water partition coefficient (Wildman–Crippen LogP) is 1.75. The van der Waals surface area contributed by atoms with Gasteiger partial charge in [-0.25, -0.2) is 0 Å².